The molecule has 2 heterocycles. The van der Waals surface area contributed by atoms with E-state index in [0.717, 1.165) is 26.6 Å². The lowest BCUT2D eigenvalue weighted by Gasteiger charge is -2.05. The molecule has 4 heteroatoms. The summed E-state index contributed by atoms with van der Waals surface area (Å²) in [4.78, 5) is 16.8. The zero-order chi connectivity index (χ0) is 16.1. The average molecular weight is 329 g/mol. The second-order valence-corrected chi connectivity index (χ2v) is 6.59. The lowest BCUT2D eigenvalue weighted by atomic mass is 10.1. The van der Waals surface area contributed by atoms with Crippen LogP contribution < -0.4 is 5.43 Å². The molecule has 0 fully saturated rings. The molecule has 0 saturated heterocycles. The normalized spacial score (nSPS) is 11.5. The van der Waals surface area contributed by atoms with E-state index in [1.54, 1.807) is 17.4 Å². The van der Waals surface area contributed by atoms with Crippen molar-refractivity contribution in [1.29, 1.82) is 0 Å². The Morgan fingerprint density at radius 1 is 0.917 bits per heavy atom. The molecule has 24 heavy (non-hydrogen) atoms. The Morgan fingerprint density at radius 2 is 1.75 bits per heavy atom. The quantitative estimate of drug-likeness (QED) is 0.396. The molecule has 0 aliphatic heterocycles. The lowest BCUT2D eigenvalue weighted by Crippen LogP contribution is -2.00. The van der Waals surface area contributed by atoms with Gasteiger partial charge < -0.3 is 4.42 Å². The summed E-state index contributed by atoms with van der Waals surface area (Å²) in [5, 5.41) is 2.70. The molecule has 0 saturated carbocycles. The van der Waals surface area contributed by atoms with Gasteiger partial charge in [0.15, 0.2) is 5.43 Å². The second kappa shape index (κ2) is 5.01. The van der Waals surface area contributed by atoms with Crippen molar-refractivity contribution in [2.24, 2.45) is 0 Å². The Kier molecular flexibility index (Phi) is 2.81. The third kappa shape index (κ3) is 2.04. The van der Waals surface area contributed by atoms with Gasteiger partial charge in [0, 0.05) is 11.6 Å². The minimum atomic E-state index is -0.0265. The summed E-state index contributed by atoms with van der Waals surface area (Å²) in [5.74, 6) is 0.582. The van der Waals surface area contributed by atoms with Crippen molar-refractivity contribution in [2.75, 3.05) is 0 Å². The van der Waals surface area contributed by atoms with Crippen molar-refractivity contribution >= 4 is 43.3 Å². The Bertz CT molecular complexity index is 1280. The SMILES string of the molecule is O=c1cc(-c2ccc3ncsc3c2)oc2cc3ccccc3cc12. The number of thiazole rings is 1. The molecule has 2 aromatic heterocycles. The zero-order valence-electron chi connectivity index (χ0n) is 12.5. The van der Waals surface area contributed by atoms with Gasteiger partial charge >= 0.3 is 0 Å². The van der Waals surface area contributed by atoms with Crippen molar-refractivity contribution in [3.8, 4) is 11.3 Å². The molecular formula is C20H11NO2S. The van der Waals surface area contributed by atoms with Crippen LogP contribution in [-0.4, -0.2) is 4.98 Å². The van der Waals surface area contributed by atoms with Crippen LogP contribution in [0.2, 0.25) is 0 Å². The lowest BCUT2D eigenvalue weighted by molar-refractivity contribution is 0.619. The molecule has 3 nitrogen and oxygen atoms in total. The van der Waals surface area contributed by atoms with Gasteiger partial charge in [0.1, 0.15) is 11.3 Å². The summed E-state index contributed by atoms with van der Waals surface area (Å²) in [5.41, 5.74) is 4.25. The Morgan fingerprint density at radius 3 is 2.62 bits per heavy atom. The van der Waals surface area contributed by atoms with Crippen LogP contribution in [0.15, 0.2) is 75.4 Å². The smallest absolute Gasteiger partial charge is 0.193 e. The first kappa shape index (κ1) is 13.5. The molecule has 0 aliphatic rings. The van der Waals surface area contributed by atoms with Gasteiger partial charge in [-0.05, 0) is 41.1 Å². The third-order valence-electron chi connectivity index (χ3n) is 4.21. The minimum Gasteiger partial charge on any atom is -0.456 e. The van der Waals surface area contributed by atoms with E-state index in [2.05, 4.69) is 4.98 Å². The largest absolute Gasteiger partial charge is 0.456 e. The fourth-order valence-corrected chi connectivity index (χ4v) is 3.71. The van der Waals surface area contributed by atoms with Crippen LogP contribution in [-0.2, 0) is 0 Å². The molecule has 0 radical (unpaired) electrons. The van der Waals surface area contributed by atoms with E-state index in [9.17, 15) is 4.79 Å². The molecule has 0 amide bonds. The first-order chi connectivity index (χ1) is 11.8. The molecule has 0 aliphatic carbocycles. The van der Waals surface area contributed by atoms with E-state index in [1.807, 2.05) is 60.1 Å². The maximum absolute atomic E-state index is 12.6. The minimum absolute atomic E-state index is 0.0265. The van der Waals surface area contributed by atoms with Crippen molar-refractivity contribution < 1.29 is 4.42 Å². The average Bonchev–Trinajstić information content (AvgIpc) is 3.08. The van der Waals surface area contributed by atoms with Crippen molar-refractivity contribution in [2.45, 2.75) is 0 Å². The van der Waals surface area contributed by atoms with E-state index >= 15 is 0 Å². The summed E-state index contributed by atoms with van der Waals surface area (Å²) in [6.45, 7) is 0. The monoisotopic (exact) mass is 329 g/mol. The first-order valence-electron chi connectivity index (χ1n) is 7.58. The number of rotatable bonds is 1. The Hall–Kier alpha value is -2.98. The summed E-state index contributed by atoms with van der Waals surface area (Å²) in [6, 6.07) is 19.3. The van der Waals surface area contributed by atoms with Gasteiger partial charge in [-0.3, -0.25) is 4.79 Å². The van der Waals surface area contributed by atoms with Crippen LogP contribution in [0.1, 0.15) is 0 Å². The van der Waals surface area contributed by atoms with Gasteiger partial charge in [0.2, 0.25) is 0 Å². The van der Waals surface area contributed by atoms with Crippen LogP contribution in [0, 0.1) is 0 Å². The zero-order valence-corrected chi connectivity index (χ0v) is 13.3. The first-order valence-corrected chi connectivity index (χ1v) is 8.46. The van der Waals surface area contributed by atoms with E-state index in [4.69, 9.17) is 4.42 Å². The standard InChI is InChI=1S/C20H11NO2S/c22-17-10-18(14-5-6-16-20(9-14)24-11-21-16)23-19-8-13-4-2-1-3-12(13)7-15(17)19/h1-11H. The summed E-state index contributed by atoms with van der Waals surface area (Å²) in [7, 11) is 0. The highest BCUT2D eigenvalue weighted by molar-refractivity contribution is 7.16. The van der Waals surface area contributed by atoms with Crippen LogP contribution in [0.5, 0.6) is 0 Å². The van der Waals surface area contributed by atoms with Gasteiger partial charge in [-0.2, -0.15) is 0 Å². The van der Waals surface area contributed by atoms with Crippen molar-refractivity contribution in [3.05, 3.63) is 76.4 Å². The van der Waals surface area contributed by atoms with Gasteiger partial charge in [0.05, 0.1) is 21.1 Å². The van der Waals surface area contributed by atoms with Crippen molar-refractivity contribution in [3.63, 3.8) is 0 Å². The molecule has 5 rings (SSSR count). The highest BCUT2D eigenvalue weighted by Gasteiger charge is 2.09. The molecular weight excluding hydrogens is 318 g/mol. The molecule has 0 N–H and O–H groups in total. The highest BCUT2D eigenvalue weighted by atomic mass is 32.1. The summed E-state index contributed by atoms with van der Waals surface area (Å²) in [6.07, 6.45) is 0. The maximum atomic E-state index is 12.6. The fraction of sp³-hybridized carbons (Fsp3) is 0. The molecule has 0 unspecified atom stereocenters. The topological polar surface area (TPSA) is 43.1 Å². The van der Waals surface area contributed by atoms with Gasteiger partial charge in [-0.25, -0.2) is 4.98 Å². The Balaban J connectivity index is 1.79. The maximum Gasteiger partial charge on any atom is 0.193 e. The van der Waals surface area contributed by atoms with Gasteiger partial charge in [-0.15, -0.1) is 11.3 Å². The fourth-order valence-electron chi connectivity index (χ4n) is 2.99. The van der Waals surface area contributed by atoms with E-state index in [1.165, 1.54) is 0 Å². The number of aromatic nitrogens is 1. The summed E-state index contributed by atoms with van der Waals surface area (Å²) < 4.78 is 7.12. The predicted octanol–water partition coefficient (Wildman–Crippen LogP) is 5.22. The molecule has 0 bridgehead atoms. The van der Waals surface area contributed by atoms with Gasteiger partial charge in [-0.1, -0.05) is 24.3 Å². The molecule has 5 aromatic rings. The predicted molar refractivity (Wildman–Crippen MR) is 98.6 cm³/mol. The Labute approximate surface area is 140 Å². The molecule has 0 spiro atoms. The molecule has 3 aromatic carbocycles. The van der Waals surface area contributed by atoms with E-state index in [-0.39, 0.29) is 5.43 Å². The van der Waals surface area contributed by atoms with E-state index in [0.29, 0.717) is 16.7 Å². The van der Waals surface area contributed by atoms with Crippen LogP contribution in [0.25, 0.3) is 43.3 Å². The number of hydrogen-bond donors (Lipinski definition) is 0. The molecule has 0 atom stereocenters. The van der Waals surface area contributed by atoms with Gasteiger partial charge in [0.25, 0.3) is 0 Å². The molecule has 114 valence electrons. The number of hydrogen-bond acceptors (Lipinski definition) is 4. The van der Waals surface area contributed by atoms with Crippen LogP contribution in [0.3, 0.4) is 0 Å². The van der Waals surface area contributed by atoms with Crippen LogP contribution in [0.4, 0.5) is 0 Å². The third-order valence-corrected chi connectivity index (χ3v) is 5.00. The number of benzene rings is 3. The second-order valence-electron chi connectivity index (χ2n) is 5.71. The summed E-state index contributed by atoms with van der Waals surface area (Å²) >= 11 is 1.57. The number of nitrogens with zero attached hydrogens (tertiary/aromatic N) is 1. The van der Waals surface area contributed by atoms with E-state index < -0.39 is 0 Å². The van der Waals surface area contributed by atoms with Crippen molar-refractivity contribution in [1.82, 2.24) is 4.98 Å². The highest BCUT2D eigenvalue weighted by Crippen LogP contribution is 2.28. The van der Waals surface area contributed by atoms with Crippen LogP contribution >= 0.6 is 11.3 Å². The number of fused-ring (bicyclic) bond motifs is 3.